The lowest BCUT2D eigenvalue weighted by molar-refractivity contribution is 0.170. The van der Waals surface area contributed by atoms with Gasteiger partial charge >= 0.3 is 0 Å². The molecule has 1 aromatic heterocycles. The van der Waals surface area contributed by atoms with Crippen molar-refractivity contribution in [2.75, 3.05) is 20.3 Å². The van der Waals surface area contributed by atoms with Gasteiger partial charge in [-0.05, 0) is 32.2 Å². The quantitative estimate of drug-likeness (QED) is 0.776. The molecule has 1 rings (SSSR count). The van der Waals surface area contributed by atoms with E-state index < -0.39 is 0 Å². The molecule has 1 aromatic rings. The molecule has 4 heteroatoms. The van der Waals surface area contributed by atoms with Gasteiger partial charge in [0.15, 0.2) is 0 Å². The normalized spacial score (nSPS) is 14.8. The van der Waals surface area contributed by atoms with Gasteiger partial charge in [0.05, 0.1) is 5.01 Å². The van der Waals surface area contributed by atoms with Crippen LogP contribution in [0.25, 0.3) is 0 Å². The minimum Gasteiger partial charge on any atom is -0.385 e. The van der Waals surface area contributed by atoms with Crippen molar-refractivity contribution in [3.63, 3.8) is 0 Å². The molecule has 0 aliphatic heterocycles. The molecular weight excluding hydrogens is 232 g/mol. The summed E-state index contributed by atoms with van der Waals surface area (Å²) in [7, 11) is 1.76. The number of aromatic nitrogens is 1. The second-order valence-corrected chi connectivity index (χ2v) is 5.74. The molecule has 0 fully saturated rings. The van der Waals surface area contributed by atoms with E-state index in [1.54, 1.807) is 18.4 Å². The molecular formula is C13H24N2OS. The number of nitrogens with zero attached hydrogens (tertiary/aromatic N) is 1. The Labute approximate surface area is 109 Å². The van der Waals surface area contributed by atoms with Gasteiger partial charge in [0.2, 0.25) is 0 Å². The highest BCUT2D eigenvalue weighted by molar-refractivity contribution is 7.11. The summed E-state index contributed by atoms with van der Waals surface area (Å²) in [4.78, 5) is 5.70. The predicted octanol–water partition coefficient (Wildman–Crippen LogP) is 3.16. The van der Waals surface area contributed by atoms with Crippen molar-refractivity contribution in [3.05, 3.63) is 16.1 Å². The van der Waals surface area contributed by atoms with Crippen LogP contribution in [0.2, 0.25) is 0 Å². The third kappa shape index (κ3) is 4.74. The second kappa shape index (κ2) is 7.80. The molecule has 0 saturated heterocycles. The lowest BCUT2D eigenvalue weighted by Gasteiger charge is -2.23. The molecule has 2 unspecified atom stereocenters. The first-order valence-corrected chi connectivity index (χ1v) is 7.15. The molecule has 1 N–H and O–H groups in total. The maximum atomic E-state index is 5.17. The standard InChI is InChI=1S/C13H24N2OS/c1-5-7-14-13(10(2)6-8-16-4)12-9-15-11(3)17-12/h9-10,13-14H,5-8H2,1-4H3. The maximum absolute atomic E-state index is 5.17. The zero-order valence-electron chi connectivity index (χ0n) is 11.3. The fourth-order valence-electron chi connectivity index (χ4n) is 1.87. The largest absolute Gasteiger partial charge is 0.385 e. The van der Waals surface area contributed by atoms with Crippen LogP contribution in [0.5, 0.6) is 0 Å². The van der Waals surface area contributed by atoms with E-state index in [1.165, 1.54) is 4.88 Å². The van der Waals surface area contributed by atoms with Gasteiger partial charge in [-0.2, -0.15) is 0 Å². The summed E-state index contributed by atoms with van der Waals surface area (Å²) in [5.41, 5.74) is 0. The predicted molar refractivity (Wildman–Crippen MR) is 73.5 cm³/mol. The first-order valence-electron chi connectivity index (χ1n) is 6.33. The average molecular weight is 256 g/mol. The van der Waals surface area contributed by atoms with Gasteiger partial charge in [-0.3, -0.25) is 0 Å². The van der Waals surface area contributed by atoms with E-state index in [-0.39, 0.29) is 0 Å². The van der Waals surface area contributed by atoms with E-state index in [0.717, 1.165) is 31.0 Å². The van der Waals surface area contributed by atoms with Gasteiger partial charge in [0.25, 0.3) is 0 Å². The number of hydrogen-bond donors (Lipinski definition) is 1. The van der Waals surface area contributed by atoms with Crippen LogP contribution in [0.15, 0.2) is 6.20 Å². The number of hydrogen-bond acceptors (Lipinski definition) is 4. The number of nitrogens with one attached hydrogen (secondary N) is 1. The molecule has 98 valence electrons. The Hall–Kier alpha value is -0.450. The van der Waals surface area contributed by atoms with Gasteiger partial charge in [0, 0.05) is 30.8 Å². The molecule has 0 saturated carbocycles. The van der Waals surface area contributed by atoms with Crippen molar-refractivity contribution in [2.24, 2.45) is 5.92 Å². The van der Waals surface area contributed by atoms with Crippen LogP contribution < -0.4 is 5.32 Å². The summed E-state index contributed by atoms with van der Waals surface area (Å²) >= 11 is 1.79. The van der Waals surface area contributed by atoms with Crippen molar-refractivity contribution in [3.8, 4) is 0 Å². The summed E-state index contributed by atoms with van der Waals surface area (Å²) in [5.74, 6) is 0.571. The number of aryl methyl sites for hydroxylation is 1. The highest BCUT2D eigenvalue weighted by atomic mass is 32.1. The zero-order valence-corrected chi connectivity index (χ0v) is 12.1. The molecule has 0 spiro atoms. The molecule has 2 atom stereocenters. The lowest BCUT2D eigenvalue weighted by Crippen LogP contribution is -2.27. The molecule has 0 radical (unpaired) electrons. The Balaban J connectivity index is 2.65. The number of ether oxygens (including phenoxy) is 1. The van der Waals surface area contributed by atoms with Crippen molar-refractivity contribution < 1.29 is 4.74 Å². The molecule has 0 bridgehead atoms. The minimum absolute atomic E-state index is 0.413. The van der Waals surface area contributed by atoms with E-state index in [1.807, 2.05) is 6.20 Å². The summed E-state index contributed by atoms with van der Waals surface area (Å²) in [6.45, 7) is 8.41. The lowest BCUT2D eigenvalue weighted by atomic mass is 9.97. The number of rotatable bonds is 8. The molecule has 1 heterocycles. The summed E-state index contributed by atoms with van der Waals surface area (Å²) in [6, 6.07) is 0.413. The number of thiazole rings is 1. The van der Waals surface area contributed by atoms with Crippen molar-refractivity contribution in [1.29, 1.82) is 0 Å². The van der Waals surface area contributed by atoms with Crippen molar-refractivity contribution in [1.82, 2.24) is 10.3 Å². The van der Waals surface area contributed by atoms with E-state index >= 15 is 0 Å². The molecule has 3 nitrogen and oxygen atoms in total. The zero-order chi connectivity index (χ0) is 12.7. The van der Waals surface area contributed by atoms with E-state index in [9.17, 15) is 0 Å². The third-order valence-corrected chi connectivity index (χ3v) is 3.90. The summed E-state index contributed by atoms with van der Waals surface area (Å²) in [6.07, 6.45) is 4.25. The van der Waals surface area contributed by atoms with E-state index in [4.69, 9.17) is 4.74 Å². The maximum Gasteiger partial charge on any atom is 0.0897 e. The molecule has 0 amide bonds. The first kappa shape index (κ1) is 14.6. The van der Waals surface area contributed by atoms with Gasteiger partial charge in [0.1, 0.15) is 0 Å². The van der Waals surface area contributed by atoms with Crippen LogP contribution >= 0.6 is 11.3 Å². The Bertz CT molecular complexity index is 314. The second-order valence-electron chi connectivity index (χ2n) is 4.47. The number of methoxy groups -OCH3 is 1. The van der Waals surface area contributed by atoms with Crippen molar-refractivity contribution in [2.45, 2.75) is 39.7 Å². The molecule has 0 aromatic carbocycles. The van der Waals surface area contributed by atoms with Crippen LogP contribution in [0.1, 0.15) is 42.6 Å². The Kier molecular flexibility index (Phi) is 6.70. The van der Waals surface area contributed by atoms with Crippen molar-refractivity contribution >= 4 is 11.3 Å². The molecule has 0 aliphatic carbocycles. The van der Waals surface area contributed by atoms with E-state index in [0.29, 0.717) is 12.0 Å². The van der Waals surface area contributed by atoms with Crippen LogP contribution in [0.4, 0.5) is 0 Å². The smallest absolute Gasteiger partial charge is 0.0897 e. The van der Waals surface area contributed by atoms with Gasteiger partial charge in [-0.15, -0.1) is 11.3 Å². The highest BCUT2D eigenvalue weighted by Gasteiger charge is 2.20. The third-order valence-electron chi connectivity index (χ3n) is 2.91. The highest BCUT2D eigenvalue weighted by Crippen LogP contribution is 2.28. The molecule has 0 aliphatic rings. The summed E-state index contributed by atoms with van der Waals surface area (Å²) < 4.78 is 5.17. The fourth-order valence-corrected chi connectivity index (χ4v) is 2.87. The Morgan fingerprint density at radius 1 is 1.53 bits per heavy atom. The summed E-state index contributed by atoms with van der Waals surface area (Å²) in [5, 5.41) is 4.76. The minimum atomic E-state index is 0.413. The van der Waals surface area contributed by atoms with Gasteiger partial charge in [-0.25, -0.2) is 4.98 Å². The fraction of sp³-hybridized carbons (Fsp3) is 0.769. The first-order chi connectivity index (χ1) is 8.19. The van der Waals surface area contributed by atoms with E-state index in [2.05, 4.69) is 31.1 Å². The topological polar surface area (TPSA) is 34.2 Å². The monoisotopic (exact) mass is 256 g/mol. The molecule has 17 heavy (non-hydrogen) atoms. The SMILES string of the molecule is CCCNC(c1cnc(C)s1)C(C)CCOC. The van der Waals surface area contributed by atoms with Gasteiger partial charge < -0.3 is 10.1 Å². The van der Waals surface area contributed by atoms with Crippen LogP contribution in [0.3, 0.4) is 0 Å². The average Bonchev–Trinajstić information content (AvgIpc) is 2.73. The van der Waals surface area contributed by atoms with Crippen LogP contribution in [-0.4, -0.2) is 25.2 Å². The van der Waals surface area contributed by atoms with Crippen LogP contribution in [0, 0.1) is 12.8 Å². The van der Waals surface area contributed by atoms with Crippen LogP contribution in [-0.2, 0) is 4.74 Å². The Morgan fingerprint density at radius 2 is 2.29 bits per heavy atom. The van der Waals surface area contributed by atoms with Gasteiger partial charge in [-0.1, -0.05) is 13.8 Å². The Morgan fingerprint density at radius 3 is 2.82 bits per heavy atom.